The lowest BCUT2D eigenvalue weighted by molar-refractivity contribution is -0.120. The Morgan fingerprint density at radius 1 is 0.931 bits per heavy atom. The van der Waals surface area contributed by atoms with Crippen LogP contribution in [0.3, 0.4) is 0 Å². The highest BCUT2D eigenvalue weighted by atomic mass is 35.5. The molecule has 146 valence electrons. The number of benzene rings is 2. The molecule has 1 aliphatic heterocycles. The summed E-state index contributed by atoms with van der Waals surface area (Å²) < 4.78 is 0. The number of anilines is 2. The summed E-state index contributed by atoms with van der Waals surface area (Å²) >= 11 is 13.8. The molecule has 0 saturated heterocycles. The fourth-order valence-electron chi connectivity index (χ4n) is 3.36. The minimum atomic E-state index is -0.471. The van der Waals surface area contributed by atoms with Gasteiger partial charge in [0.1, 0.15) is 5.70 Å². The third-order valence-electron chi connectivity index (χ3n) is 4.49. The van der Waals surface area contributed by atoms with Gasteiger partial charge in [0.2, 0.25) is 0 Å². The summed E-state index contributed by atoms with van der Waals surface area (Å²) in [5, 5.41) is 5.70. The van der Waals surface area contributed by atoms with Crippen LogP contribution in [0.2, 0.25) is 10.0 Å². The molecule has 1 aliphatic rings. The third-order valence-corrected chi connectivity index (χ3v) is 5.93. The molecule has 1 N–H and O–H groups in total. The molecule has 1 aromatic heterocycles. The zero-order valence-corrected chi connectivity index (χ0v) is 18.0. The molecule has 0 fully saturated rings. The van der Waals surface area contributed by atoms with Gasteiger partial charge in [-0.15, -0.1) is 11.3 Å². The van der Waals surface area contributed by atoms with Crippen molar-refractivity contribution < 1.29 is 9.59 Å². The predicted octanol–water partition coefficient (Wildman–Crippen LogP) is 6.07. The maximum absolute atomic E-state index is 13.3. The van der Waals surface area contributed by atoms with E-state index in [0.717, 1.165) is 21.7 Å². The maximum Gasteiger partial charge on any atom is 0.282 e. The highest BCUT2D eigenvalue weighted by molar-refractivity contribution is 7.11. The van der Waals surface area contributed by atoms with Gasteiger partial charge in [-0.05, 0) is 66.8 Å². The molecule has 3 aromatic rings. The molecule has 0 bridgehead atoms. The smallest absolute Gasteiger partial charge is 0.282 e. The van der Waals surface area contributed by atoms with Crippen molar-refractivity contribution in [1.82, 2.24) is 0 Å². The van der Waals surface area contributed by atoms with Gasteiger partial charge in [-0.2, -0.15) is 0 Å². The predicted molar refractivity (Wildman–Crippen MR) is 120 cm³/mol. The Morgan fingerprint density at radius 2 is 1.66 bits per heavy atom. The normalized spacial score (nSPS) is 14.1. The number of carbonyl (C=O) groups is 2. The number of amides is 2. The van der Waals surface area contributed by atoms with Crippen LogP contribution in [0.5, 0.6) is 0 Å². The first kappa shape index (κ1) is 19.7. The van der Waals surface area contributed by atoms with E-state index in [9.17, 15) is 9.59 Å². The van der Waals surface area contributed by atoms with Gasteiger partial charge in [-0.1, -0.05) is 35.3 Å². The molecule has 7 heteroatoms. The summed E-state index contributed by atoms with van der Waals surface area (Å²) in [6, 6.07) is 14.3. The number of rotatable bonds is 4. The van der Waals surface area contributed by atoms with Gasteiger partial charge in [-0.25, -0.2) is 4.90 Å². The SMILES string of the molecule is Cc1cc(C)cc(NC2=C(c3cccs3)C(=O)N(c3cc(Cl)ccc3Cl)C2=O)c1. The van der Waals surface area contributed by atoms with Crippen LogP contribution in [0.25, 0.3) is 5.57 Å². The van der Waals surface area contributed by atoms with Crippen LogP contribution in [-0.4, -0.2) is 11.8 Å². The summed E-state index contributed by atoms with van der Waals surface area (Å²) in [6.45, 7) is 3.96. The highest BCUT2D eigenvalue weighted by Gasteiger charge is 2.41. The Kier molecular flexibility index (Phi) is 5.21. The quantitative estimate of drug-likeness (QED) is 0.498. The zero-order valence-electron chi connectivity index (χ0n) is 15.6. The Balaban J connectivity index is 1.84. The van der Waals surface area contributed by atoms with Crippen LogP contribution in [-0.2, 0) is 9.59 Å². The van der Waals surface area contributed by atoms with E-state index in [2.05, 4.69) is 5.32 Å². The van der Waals surface area contributed by atoms with Gasteiger partial charge in [0.05, 0.1) is 16.3 Å². The molecule has 0 unspecified atom stereocenters. The van der Waals surface area contributed by atoms with Crippen molar-refractivity contribution in [2.45, 2.75) is 13.8 Å². The van der Waals surface area contributed by atoms with E-state index < -0.39 is 11.8 Å². The Labute approximate surface area is 182 Å². The number of aryl methyl sites for hydroxylation is 2. The molecule has 0 spiro atoms. The molecule has 0 radical (unpaired) electrons. The molecule has 0 aliphatic carbocycles. The van der Waals surface area contributed by atoms with E-state index in [0.29, 0.717) is 15.5 Å². The van der Waals surface area contributed by atoms with E-state index in [1.54, 1.807) is 12.1 Å². The first-order chi connectivity index (χ1) is 13.8. The minimum Gasteiger partial charge on any atom is -0.350 e. The van der Waals surface area contributed by atoms with Crippen LogP contribution in [0.1, 0.15) is 16.0 Å². The average Bonchev–Trinajstić information content (AvgIpc) is 3.24. The van der Waals surface area contributed by atoms with E-state index in [4.69, 9.17) is 23.2 Å². The number of thiophene rings is 1. The van der Waals surface area contributed by atoms with Crippen molar-refractivity contribution in [3.05, 3.63) is 85.7 Å². The first-order valence-corrected chi connectivity index (χ1v) is 10.5. The van der Waals surface area contributed by atoms with E-state index in [1.165, 1.54) is 17.4 Å². The van der Waals surface area contributed by atoms with Crippen molar-refractivity contribution in [2.75, 3.05) is 10.2 Å². The van der Waals surface area contributed by atoms with Gasteiger partial charge in [0, 0.05) is 15.6 Å². The van der Waals surface area contributed by atoms with Crippen molar-refractivity contribution in [1.29, 1.82) is 0 Å². The molecule has 29 heavy (non-hydrogen) atoms. The molecule has 0 atom stereocenters. The Bertz CT molecular complexity index is 1150. The number of nitrogens with zero attached hydrogens (tertiary/aromatic N) is 1. The first-order valence-electron chi connectivity index (χ1n) is 8.82. The van der Waals surface area contributed by atoms with E-state index in [1.807, 2.05) is 49.6 Å². The second kappa shape index (κ2) is 7.67. The number of nitrogens with one attached hydrogen (secondary N) is 1. The van der Waals surface area contributed by atoms with E-state index in [-0.39, 0.29) is 16.4 Å². The van der Waals surface area contributed by atoms with Crippen LogP contribution in [0.15, 0.2) is 59.6 Å². The standard InChI is InChI=1S/C22H16Cl2N2O2S/c1-12-8-13(2)10-15(9-12)25-20-19(18-4-3-7-29-18)21(27)26(22(20)28)17-11-14(23)5-6-16(17)24/h3-11,25H,1-2H3. The summed E-state index contributed by atoms with van der Waals surface area (Å²) in [5.41, 5.74) is 3.65. The molecule has 4 rings (SSSR count). The van der Waals surface area contributed by atoms with Gasteiger partial charge >= 0.3 is 0 Å². The lowest BCUT2D eigenvalue weighted by atomic mass is 10.1. The Morgan fingerprint density at radius 3 is 2.31 bits per heavy atom. The summed E-state index contributed by atoms with van der Waals surface area (Å²) in [7, 11) is 0. The maximum atomic E-state index is 13.3. The zero-order chi connectivity index (χ0) is 20.7. The van der Waals surface area contributed by atoms with Crippen molar-refractivity contribution in [2.24, 2.45) is 0 Å². The molecule has 2 amide bonds. The van der Waals surface area contributed by atoms with Crippen molar-refractivity contribution in [3.63, 3.8) is 0 Å². The molecule has 2 aromatic carbocycles. The Hall–Kier alpha value is -2.60. The number of imide groups is 1. The number of hydrogen-bond donors (Lipinski definition) is 1. The van der Waals surface area contributed by atoms with Crippen LogP contribution < -0.4 is 10.2 Å². The highest BCUT2D eigenvalue weighted by Crippen LogP contribution is 2.39. The van der Waals surface area contributed by atoms with Crippen LogP contribution in [0, 0.1) is 13.8 Å². The number of hydrogen-bond acceptors (Lipinski definition) is 4. The summed E-state index contributed by atoms with van der Waals surface area (Å²) in [4.78, 5) is 28.5. The fraction of sp³-hybridized carbons (Fsp3) is 0.0909. The number of carbonyl (C=O) groups excluding carboxylic acids is 2. The van der Waals surface area contributed by atoms with E-state index >= 15 is 0 Å². The summed E-state index contributed by atoms with van der Waals surface area (Å²) in [5.74, 6) is -0.907. The molecular weight excluding hydrogens is 427 g/mol. The second-order valence-electron chi connectivity index (χ2n) is 6.77. The van der Waals surface area contributed by atoms with Crippen LogP contribution >= 0.6 is 34.5 Å². The largest absolute Gasteiger partial charge is 0.350 e. The van der Waals surface area contributed by atoms with Crippen molar-refractivity contribution in [3.8, 4) is 0 Å². The lowest BCUT2D eigenvalue weighted by Crippen LogP contribution is -2.32. The minimum absolute atomic E-state index is 0.221. The van der Waals surface area contributed by atoms with Crippen molar-refractivity contribution >= 4 is 63.3 Å². The second-order valence-corrected chi connectivity index (χ2v) is 8.56. The van der Waals surface area contributed by atoms with Crippen LogP contribution in [0.4, 0.5) is 11.4 Å². The van der Waals surface area contributed by atoms with Gasteiger partial charge in [0.15, 0.2) is 0 Å². The molecule has 4 nitrogen and oxygen atoms in total. The van der Waals surface area contributed by atoms with Gasteiger partial charge in [-0.3, -0.25) is 9.59 Å². The monoisotopic (exact) mass is 442 g/mol. The molecular formula is C22H16Cl2N2O2S. The third kappa shape index (κ3) is 3.69. The fourth-order valence-corrected chi connectivity index (χ4v) is 4.50. The summed E-state index contributed by atoms with van der Waals surface area (Å²) in [6.07, 6.45) is 0. The number of halogens is 2. The molecule has 0 saturated carbocycles. The topological polar surface area (TPSA) is 49.4 Å². The average molecular weight is 443 g/mol. The van der Waals surface area contributed by atoms with Gasteiger partial charge < -0.3 is 5.32 Å². The molecule has 2 heterocycles. The van der Waals surface area contributed by atoms with Gasteiger partial charge in [0.25, 0.3) is 11.8 Å². The lowest BCUT2D eigenvalue weighted by Gasteiger charge is -2.17.